The highest BCUT2D eigenvalue weighted by Crippen LogP contribution is 2.30. The van der Waals surface area contributed by atoms with Crippen LogP contribution in [0, 0.1) is 0 Å². The highest BCUT2D eigenvalue weighted by Gasteiger charge is 2.44. The molecule has 4 aromatic rings. The first-order valence-corrected chi connectivity index (χ1v) is 23.1. The number of piperazine rings is 1. The van der Waals surface area contributed by atoms with Gasteiger partial charge in [0, 0.05) is 82.1 Å². The average Bonchev–Trinajstić information content (AvgIpc) is 4.02. The van der Waals surface area contributed by atoms with Gasteiger partial charge in [-0.15, -0.1) is 11.3 Å². The van der Waals surface area contributed by atoms with Gasteiger partial charge in [-0.2, -0.15) is 0 Å². The molecule has 332 valence electrons. The van der Waals surface area contributed by atoms with Crippen molar-refractivity contribution in [3.05, 3.63) is 89.1 Å². The molecule has 2 aromatic heterocycles. The molecular formula is C42H46N8O11S2. The number of hydrogen-bond acceptors (Lipinski definition) is 14. The van der Waals surface area contributed by atoms with Gasteiger partial charge < -0.3 is 25.0 Å². The second kappa shape index (κ2) is 19.8. The highest BCUT2D eigenvalue weighted by atomic mass is 32.2. The molecule has 1 unspecified atom stereocenters. The monoisotopic (exact) mass is 902 g/mol. The second-order valence-electron chi connectivity index (χ2n) is 15.1. The van der Waals surface area contributed by atoms with Gasteiger partial charge in [0.25, 0.3) is 17.7 Å². The molecule has 63 heavy (non-hydrogen) atoms. The maximum atomic E-state index is 13.4. The second-order valence-corrected chi connectivity index (χ2v) is 17.9. The summed E-state index contributed by atoms with van der Waals surface area (Å²) >= 11 is 1.23. The van der Waals surface area contributed by atoms with E-state index in [-0.39, 0.29) is 61.5 Å². The van der Waals surface area contributed by atoms with Gasteiger partial charge in [0.15, 0.2) is 5.13 Å². The molecule has 5 heterocycles. The van der Waals surface area contributed by atoms with E-state index < -0.39 is 57.6 Å². The first-order chi connectivity index (χ1) is 30.2. The minimum Gasteiger partial charge on any atom is -0.492 e. The van der Waals surface area contributed by atoms with Crippen LogP contribution >= 0.6 is 11.3 Å². The molecular weight excluding hydrogens is 857 g/mol. The molecule has 21 heteroatoms. The summed E-state index contributed by atoms with van der Waals surface area (Å²) in [6.45, 7) is 3.51. The molecule has 7 amide bonds. The number of anilines is 1. The zero-order valence-corrected chi connectivity index (χ0v) is 36.0. The molecule has 0 radical (unpaired) electrons. The topological polar surface area (TPSA) is 236 Å². The number of amides is 7. The van der Waals surface area contributed by atoms with Crippen molar-refractivity contribution in [2.75, 3.05) is 64.1 Å². The van der Waals surface area contributed by atoms with Crippen molar-refractivity contribution < 1.29 is 51.5 Å². The number of aromatic nitrogens is 2. The quantitative estimate of drug-likeness (QED) is 0.0959. The van der Waals surface area contributed by atoms with Crippen LogP contribution in [0.25, 0.3) is 11.3 Å². The van der Waals surface area contributed by atoms with Gasteiger partial charge in [0.2, 0.25) is 33.7 Å². The third-order valence-electron chi connectivity index (χ3n) is 10.8. The Kier molecular flexibility index (Phi) is 14.1. The van der Waals surface area contributed by atoms with E-state index in [0.29, 0.717) is 62.3 Å². The standard InChI is InChI=1S/C42H46N8O11S2/c1-63(58,59)49-15-13-28(25-49)37(53)43-32(38(54)46-42-44-33(26-62-42)27-6-3-2-4-7-27)14-22-60-21-5-8-36(52)48-18-16-47(17-19-48)20-23-61-29-9-10-30-31(24-29)41(57)50(40(30)56)34-11-12-35(51)45-39(34)55/h2-4,6-7,9-10,13,15,24-26,32,34H,5,8,11-12,14,16-23H2,1H3,(H,43,53)(H,44,46,54)(H,45,51,55)/t32-,34?/m0/s1. The van der Waals surface area contributed by atoms with E-state index in [1.807, 2.05) is 35.7 Å². The number of ether oxygens (including phenoxy) is 2. The van der Waals surface area contributed by atoms with Gasteiger partial charge in [0.05, 0.1) is 28.6 Å². The van der Waals surface area contributed by atoms with Crippen LogP contribution in [-0.4, -0.2) is 144 Å². The van der Waals surface area contributed by atoms with Crippen LogP contribution < -0.4 is 20.7 Å². The Morgan fingerprint density at radius 3 is 2.44 bits per heavy atom. The molecule has 2 saturated heterocycles. The number of carbonyl (C=O) groups is 7. The van der Waals surface area contributed by atoms with Crippen molar-refractivity contribution in [1.82, 2.24) is 34.3 Å². The van der Waals surface area contributed by atoms with Crippen molar-refractivity contribution in [2.24, 2.45) is 0 Å². The summed E-state index contributed by atoms with van der Waals surface area (Å²) in [4.78, 5) is 98.9. The summed E-state index contributed by atoms with van der Waals surface area (Å²) in [5, 5.41) is 9.77. The van der Waals surface area contributed by atoms with Crippen LogP contribution in [0.3, 0.4) is 0 Å². The van der Waals surface area contributed by atoms with E-state index in [4.69, 9.17) is 9.47 Å². The third kappa shape index (κ3) is 11.0. The SMILES string of the molecule is CS(=O)(=O)n1ccc(C(=O)N[C@@H](CCOCCCC(=O)N2CCN(CCOc3ccc4c(c3)C(=O)N(C3CCC(=O)NC3=O)C4=O)CC2)C(=O)Nc2nc(-c3ccccc3)cs2)c1. The molecule has 2 atom stereocenters. The molecule has 0 spiro atoms. The lowest BCUT2D eigenvalue weighted by molar-refractivity contribution is -0.136. The zero-order chi connectivity index (χ0) is 44.7. The lowest BCUT2D eigenvalue weighted by atomic mass is 10.0. The van der Waals surface area contributed by atoms with Crippen molar-refractivity contribution in [1.29, 1.82) is 0 Å². The number of rotatable bonds is 18. The van der Waals surface area contributed by atoms with Gasteiger partial charge in [-0.1, -0.05) is 30.3 Å². The lowest BCUT2D eigenvalue weighted by Gasteiger charge is -2.34. The number of hydrogen-bond donors (Lipinski definition) is 3. The predicted octanol–water partition coefficient (Wildman–Crippen LogP) is 1.97. The number of carbonyl (C=O) groups excluding carboxylic acids is 7. The van der Waals surface area contributed by atoms with Crippen molar-refractivity contribution >= 4 is 67.8 Å². The normalized spacial score (nSPS) is 17.3. The minimum atomic E-state index is -3.62. The number of nitrogens with zero attached hydrogens (tertiary/aromatic N) is 5. The summed E-state index contributed by atoms with van der Waals surface area (Å²) in [7, 11) is -3.62. The van der Waals surface area contributed by atoms with Crippen LogP contribution in [0.4, 0.5) is 5.13 Å². The summed E-state index contributed by atoms with van der Waals surface area (Å²) in [6.07, 6.45) is 4.33. The van der Waals surface area contributed by atoms with E-state index in [9.17, 15) is 42.0 Å². The van der Waals surface area contributed by atoms with E-state index in [1.54, 1.807) is 11.0 Å². The number of fused-ring (bicyclic) bond motifs is 1. The fourth-order valence-electron chi connectivity index (χ4n) is 7.33. The Balaban J connectivity index is 0.818. The molecule has 3 aliphatic heterocycles. The van der Waals surface area contributed by atoms with E-state index in [1.165, 1.54) is 41.9 Å². The van der Waals surface area contributed by atoms with Crippen molar-refractivity contribution in [2.45, 2.75) is 44.2 Å². The number of thiazole rings is 1. The minimum absolute atomic E-state index is 0.0120. The largest absolute Gasteiger partial charge is 0.492 e. The molecule has 2 fully saturated rings. The fourth-order valence-corrected chi connectivity index (χ4v) is 8.64. The predicted molar refractivity (Wildman–Crippen MR) is 228 cm³/mol. The van der Waals surface area contributed by atoms with Gasteiger partial charge in [-0.25, -0.2) is 13.4 Å². The third-order valence-corrected chi connectivity index (χ3v) is 12.5. The Hall–Kier alpha value is -6.29. The van der Waals surface area contributed by atoms with Crippen molar-refractivity contribution in [3.63, 3.8) is 0 Å². The Morgan fingerprint density at radius 1 is 0.952 bits per heavy atom. The summed E-state index contributed by atoms with van der Waals surface area (Å²) in [5.74, 6) is -3.09. The van der Waals surface area contributed by atoms with Crippen LogP contribution in [-0.2, 0) is 33.9 Å². The number of piperidine rings is 1. The van der Waals surface area contributed by atoms with Crippen LogP contribution in [0.15, 0.2) is 72.4 Å². The molecule has 7 rings (SSSR count). The maximum Gasteiger partial charge on any atom is 0.262 e. The Labute approximate surface area is 366 Å². The van der Waals surface area contributed by atoms with Crippen LogP contribution in [0.5, 0.6) is 5.75 Å². The fraction of sp³-hybridized carbons (Fsp3) is 0.381. The van der Waals surface area contributed by atoms with Gasteiger partial charge in [0.1, 0.15) is 24.4 Å². The molecule has 3 N–H and O–H groups in total. The molecule has 3 aliphatic rings. The number of imide groups is 2. The van der Waals surface area contributed by atoms with E-state index in [2.05, 4.69) is 25.8 Å². The number of nitrogens with one attached hydrogen (secondary N) is 3. The highest BCUT2D eigenvalue weighted by molar-refractivity contribution is 7.89. The molecule has 2 aromatic carbocycles. The zero-order valence-electron chi connectivity index (χ0n) is 34.3. The first kappa shape index (κ1) is 44.8. The van der Waals surface area contributed by atoms with Crippen LogP contribution in [0.2, 0.25) is 0 Å². The van der Waals surface area contributed by atoms with Crippen molar-refractivity contribution in [3.8, 4) is 17.0 Å². The smallest absolute Gasteiger partial charge is 0.262 e. The maximum absolute atomic E-state index is 13.4. The van der Waals surface area contributed by atoms with E-state index in [0.717, 1.165) is 20.7 Å². The molecule has 0 saturated carbocycles. The Bertz CT molecular complexity index is 2500. The number of benzene rings is 2. The van der Waals surface area contributed by atoms with Gasteiger partial charge >= 0.3 is 0 Å². The molecule has 0 bridgehead atoms. The van der Waals surface area contributed by atoms with E-state index >= 15 is 0 Å². The molecule has 0 aliphatic carbocycles. The van der Waals surface area contributed by atoms with Gasteiger partial charge in [-0.3, -0.25) is 52.7 Å². The summed E-state index contributed by atoms with van der Waals surface area (Å²) in [5.41, 5.74) is 1.93. The average molecular weight is 903 g/mol. The molecule has 19 nitrogen and oxygen atoms in total. The summed E-state index contributed by atoms with van der Waals surface area (Å²) < 4.78 is 36.5. The van der Waals surface area contributed by atoms with Crippen LogP contribution in [0.1, 0.15) is 63.2 Å². The van der Waals surface area contributed by atoms with Gasteiger partial charge in [-0.05, 0) is 43.5 Å². The lowest BCUT2D eigenvalue weighted by Crippen LogP contribution is -2.54. The first-order valence-electron chi connectivity index (χ1n) is 20.3. The Morgan fingerprint density at radius 2 is 1.71 bits per heavy atom. The summed E-state index contributed by atoms with van der Waals surface area (Å²) in [6, 6.07) is 13.3.